The highest BCUT2D eigenvalue weighted by Gasteiger charge is 2.26. The molecule has 3 aromatic rings. The van der Waals surface area contributed by atoms with Crippen LogP contribution in [0.15, 0.2) is 57.2 Å². The number of amides is 1. The van der Waals surface area contributed by atoms with Gasteiger partial charge in [0.05, 0.1) is 11.2 Å². The Kier molecular flexibility index (Phi) is 5.41. The molecular formula is C22H23BrN4O2. The van der Waals surface area contributed by atoms with Crippen molar-refractivity contribution in [2.45, 2.75) is 20.3 Å². The molecule has 0 aliphatic carbocycles. The lowest BCUT2D eigenvalue weighted by Gasteiger charge is -2.35. The van der Waals surface area contributed by atoms with Gasteiger partial charge in [-0.05, 0) is 60.7 Å². The number of nitrogens with one attached hydrogen (secondary N) is 1. The number of benzene rings is 2. The lowest BCUT2D eigenvalue weighted by Crippen LogP contribution is -2.42. The molecule has 1 amide bonds. The smallest absolute Gasteiger partial charge is 0.253 e. The van der Waals surface area contributed by atoms with Gasteiger partial charge in [0.1, 0.15) is 0 Å². The van der Waals surface area contributed by atoms with Crippen LogP contribution in [0.25, 0.3) is 10.9 Å². The number of azo groups is 1. The number of nitrogens with zero attached hydrogens (tertiary/aromatic N) is 3. The molecule has 0 saturated carbocycles. The van der Waals surface area contributed by atoms with Crippen molar-refractivity contribution in [1.29, 1.82) is 0 Å². The van der Waals surface area contributed by atoms with Gasteiger partial charge in [0.25, 0.3) is 5.91 Å². The predicted octanol–water partition coefficient (Wildman–Crippen LogP) is 6.17. The number of hydrogen-bond acceptors (Lipinski definition) is 4. The third-order valence-electron chi connectivity index (χ3n) is 5.25. The molecule has 0 bridgehead atoms. The van der Waals surface area contributed by atoms with E-state index in [1.807, 2.05) is 23.1 Å². The number of aromatic hydroxyl groups is 1. The van der Waals surface area contributed by atoms with Crippen LogP contribution >= 0.6 is 15.9 Å². The van der Waals surface area contributed by atoms with Crippen molar-refractivity contribution >= 4 is 44.1 Å². The van der Waals surface area contributed by atoms with E-state index in [1.54, 1.807) is 24.3 Å². The van der Waals surface area contributed by atoms with E-state index in [1.165, 1.54) is 6.42 Å². The lowest BCUT2D eigenvalue weighted by atomic mass is 9.91. The Hall–Kier alpha value is -2.67. The Bertz CT molecular complexity index is 1060. The second-order valence-electron chi connectivity index (χ2n) is 7.92. The number of aromatic nitrogens is 1. The summed E-state index contributed by atoms with van der Waals surface area (Å²) >= 11 is 3.43. The van der Waals surface area contributed by atoms with Crippen molar-refractivity contribution in [3.05, 3.63) is 52.5 Å². The van der Waals surface area contributed by atoms with Crippen LogP contribution in [0.2, 0.25) is 0 Å². The van der Waals surface area contributed by atoms with Crippen LogP contribution in [0.4, 0.5) is 11.4 Å². The molecule has 2 N–H and O–H groups in total. The first kappa shape index (κ1) is 19.6. The van der Waals surface area contributed by atoms with E-state index in [0.29, 0.717) is 28.8 Å². The van der Waals surface area contributed by atoms with Gasteiger partial charge in [0.2, 0.25) is 5.88 Å². The summed E-state index contributed by atoms with van der Waals surface area (Å²) in [5, 5.41) is 19.4. The molecular weight excluding hydrogens is 432 g/mol. The molecule has 1 aliphatic heterocycles. The second-order valence-corrected chi connectivity index (χ2v) is 8.83. The SMILES string of the molecule is C[C@H]1C[C@H](C)CN(C(=O)c2ccc(N=Nc3c(O)[nH]c4ccc(Br)cc34)cc2)C1. The van der Waals surface area contributed by atoms with Crippen LogP contribution < -0.4 is 0 Å². The Morgan fingerprint density at radius 2 is 1.79 bits per heavy atom. The number of likely N-dealkylation sites (tertiary alicyclic amines) is 1. The standard InChI is InChI=1S/C22H23BrN4O2/c1-13-9-14(2)12-27(11-13)22(29)15-3-6-17(7-4-15)25-26-20-18-10-16(23)5-8-19(18)24-21(20)28/h3-8,10,13-14,24,28H,9,11-12H2,1-2H3/t13-,14-/m0/s1. The normalized spacial score (nSPS) is 19.9. The zero-order valence-electron chi connectivity index (χ0n) is 16.4. The van der Waals surface area contributed by atoms with E-state index in [0.717, 1.165) is 28.5 Å². The van der Waals surface area contributed by atoms with E-state index >= 15 is 0 Å². The van der Waals surface area contributed by atoms with Crippen molar-refractivity contribution in [3.63, 3.8) is 0 Å². The second kappa shape index (κ2) is 7.99. The van der Waals surface area contributed by atoms with Crippen molar-refractivity contribution in [2.24, 2.45) is 22.1 Å². The molecule has 0 unspecified atom stereocenters. The van der Waals surface area contributed by atoms with Crippen molar-refractivity contribution in [2.75, 3.05) is 13.1 Å². The van der Waals surface area contributed by atoms with Crippen LogP contribution in [0.1, 0.15) is 30.6 Å². The van der Waals surface area contributed by atoms with E-state index in [-0.39, 0.29) is 11.8 Å². The van der Waals surface area contributed by atoms with Crippen LogP contribution in [0.3, 0.4) is 0 Å². The van der Waals surface area contributed by atoms with Crippen LogP contribution in [-0.2, 0) is 0 Å². The molecule has 0 radical (unpaired) electrons. The van der Waals surface area contributed by atoms with E-state index in [9.17, 15) is 9.90 Å². The molecule has 2 aromatic carbocycles. The molecule has 150 valence electrons. The average molecular weight is 455 g/mol. The topological polar surface area (TPSA) is 81.1 Å². The lowest BCUT2D eigenvalue weighted by molar-refractivity contribution is 0.0623. The number of fused-ring (bicyclic) bond motifs is 1. The van der Waals surface area contributed by atoms with Crippen molar-refractivity contribution in [3.8, 4) is 5.88 Å². The third kappa shape index (κ3) is 4.19. The maximum atomic E-state index is 12.8. The molecule has 7 heteroatoms. The first-order valence-corrected chi connectivity index (χ1v) is 10.5. The largest absolute Gasteiger partial charge is 0.493 e. The first-order chi connectivity index (χ1) is 13.9. The van der Waals surface area contributed by atoms with Crippen molar-refractivity contribution in [1.82, 2.24) is 9.88 Å². The quantitative estimate of drug-likeness (QED) is 0.463. The third-order valence-corrected chi connectivity index (χ3v) is 5.74. The Morgan fingerprint density at radius 1 is 1.10 bits per heavy atom. The number of H-pyrrole nitrogens is 1. The maximum absolute atomic E-state index is 12.8. The van der Waals surface area contributed by atoms with Gasteiger partial charge in [-0.15, -0.1) is 5.11 Å². The minimum absolute atomic E-state index is 0.0259. The summed E-state index contributed by atoms with van der Waals surface area (Å²) in [5.41, 5.74) is 2.44. The minimum Gasteiger partial charge on any atom is -0.493 e. The summed E-state index contributed by atoms with van der Waals surface area (Å²) in [7, 11) is 0. The number of hydrogen-bond donors (Lipinski definition) is 2. The Morgan fingerprint density at radius 3 is 2.48 bits per heavy atom. The predicted molar refractivity (Wildman–Crippen MR) is 117 cm³/mol. The zero-order chi connectivity index (χ0) is 20.5. The number of rotatable bonds is 3. The van der Waals surface area contributed by atoms with Gasteiger partial charge >= 0.3 is 0 Å². The molecule has 1 fully saturated rings. The average Bonchev–Trinajstić information content (AvgIpc) is 3.00. The van der Waals surface area contributed by atoms with Crippen LogP contribution in [0, 0.1) is 11.8 Å². The van der Waals surface area contributed by atoms with Gasteiger partial charge in [-0.2, -0.15) is 5.11 Å². The van der Waals surface area contributed by atoms with Crippen molar-refractivity contribution < 1.29 is 9.90 Å². The van der Waals surface area contributed by atoms with Gasteiger partial charge < -0.3 is 15.0 Å². The number of carbonyl (C=O) groups is 1. The molecule has 4 rings (SSSR count). The summed E-state index contributed by atoms with van der Waals surface area (Å²) in [6, 6.07) is 12.7. The van der Waals surface area contributed by atoms with Crippen LogP contribution in [0.5, 0.6) is 5.88 Å². The highest BCUT2D eigenvalue weighted by molar-refractivity contribution is 9.10. The highest BCUT2D eigenvalue weighted by Crippen LogP contribution is 2.37. The summed E-state index contributed by atoms with van der Waals surface area (Å²) in [6.07, 6.45) is 1.17. The molecule has 6 nitrogen and oxygen atoms in total. The number of piperidine rings is 1. The first-order valence-electron chi connectivity index (χ1n) is 9.72. The molecule has 2 heterocycles. The van der Waals surface area contributed by atoms with E-state index in [4.69, 9.17) is 0 Å². The minimum atomic E-state index is -0.0259. The highest BCUT2D eigenvalue weighted by atomic mass is 79.9. The monoisotopic (exact) mass is 454 g/mol. The molecule has 29 heavy (non-hydrogen) atoms. The fourth-order valence-corrected chi connectivity index (χ4v) is 4.39. The molecule has 1 aromatic heterocycles. The summed E-state index contributed by atoms with van der Waals surface area (Å²) in [5.74, 6) is 1.09. The number of aromatic amines is 1. The van der Waals surface area contributed by atoms with Gasteiger partial charge in [-0.1, -0.05) is 29.8 Å². The summed E-state index contributed by atoms with van der Waals surface area (Å²) < 4.78 is 0.893. The fraction of sp³-hybridized carbons (Fsp3) is 0.318. The Balaban J connectivity index is 1.52. The number of carbonyl (C=O) groups excluding carboxylic acids is 1. The van der Waals surface area contributed by atoms with Crippen LogP contribution in [-0.4, -0.2) is 34.0 Å². The molecule has 1 aliphatic rings. The van der Waals surface area contributed by atoms with Gasteiger partial charge in [-0.25, -0.2) is 0 Å². The maximum Gasteiger partial charge on any atom is 0.253 e. The Labute approximate surface area is 177 Å². The molecule has 0 spiro atoms. The van der Waals surface area contributed by atoms with E-state index in [2.05, 4.69) is 45.0 Å². The molecule has 1 saturated heterocycles. The van der Waals surface area contributed by atoms with Gasteiger partial charge in [-0.3, -0.25) is 4.79 Å². The van der Waals surface area contributed by atoms with Gasteiger partial charge in [0.15, 0.2) is 5.69 Å². The summed E-state index contributed by atoms with van der Waals surface area (Å²) in [4.78, 5) is 17.6. The van der Waals surface area contributed by atoms with E-state index < -0.39 is 0 Å². The fourth-order valence-electron chi connectivity index (χ4n) is 4.03. The zero-order valence-corrected chi connectivity index (χ0v) is 18.0. The number of halogens is 1. The summed E-state index contributed by atoms with van der Waals surface area (Å²) in [6.45, 7) is 6.00. The molecule has 2 atom stereocenters. The van der Waals surface area contributed by atoms with Gasteiger partial charge in [0, 0.05) is 28.5 Å².